The summed E-state index contributed by atoms with van der Waals surface area (Å²) >= 11 is 0. The molecular weight excluding hydrogens is 319 g/mol. The molecule has 0 radical (unpaired) electrons. The zero-order valence-corrected chi connectivity index (χ0v) is 13.7. The van der Waals surface area contributed by atoms with Crippen molar-refractivity contribution in [2.75, 3.05) is 7.11 Å². The van der Waals surface area contributed by atoms with E-state index < -0.39 is 5.82 Å². The van der Waals surface area contributed by atoms with E-state index in [1.807, 2.05) is 30.3 Å². The van der Waals surface area contributed by atoms with Crippen molar-refractivity contribution in [3.63, 3.8) is 0 Å². The van der Waals surface area contributed by atoms with Gasteiger partial charge in [0.15, 0.2) is 6.29 Å². The molecule has 0 aliphatic carbocycles. The minimum absolute atomic E-state index is 0.359. The molecule has 3 aromatic carbocycles. The van der Waals surface area contributed by atoms with Crippen LogP contribution in [0.1, 0.15) is 15.9 Å². The Morgan fingerprint density at radius 3 is 2.48 bits per heavy atom. The predicted molar refractivity (Wildman–Crippen MR) is 94.5 cm³/mol. The van der Waals surface area contributed by atoms with E-state index in [1.165, 1.54) is 13.2 Å². The highest BCUT2D eigenvalue weighted by Gasteiger charge is 2.10. The van der Waals surface area contributed by atoms with Crippen molar-refractivity contribution in [1.82, 2.24) is 0 Å². The summed E-state index contributed by atoms with van der Waals surface area (Å²) in [6.45, 7) is 0.359. The molecule has 0 aliphatic heterocycles. The average Bonchev–Trinajstić information content (AvgIpc) is 2.67. The van der Waals surface area contributed by atoms with E-state index in [4.69, 9.17) is 9.47 Å². The summed E-state index contributed by atoms with van der Waals surface area (Å²) in [5.74, 6) is 0.505. The molecule has 0 aromatic heterocycles. The van der Waals surface area contributed by atoms with Crippen LogP contribution in [0.2, 0.25) is 0 Å². The van der Waals surface area contributed by atoms with Crippen molar-refractivity contribution in [3.8, 4) is 22.6 Å². The van der Waals surface area contributed by atoms with Gasteiger partial charge in [0, 0.05) is 11.6 Å². The van der Waals surface area contributed by atoms with Crippen molar-refractivity contribution in [1.29, 1.82) is 0 Å². The van der Waals surface area contributed by atoms with Crippen LogP contribution in [0.4, 0.5) is 4.39 Å². The van der Waals surface area contributed by atoms with Crippen molar-refractivity contribution >= 4 is 6.29 Å². The Balaban J connectivity index is 1.85. The van der Waals surface area contributed by atoms with Crippen LogP contribution in [0.5, 0.6) is 11.5 Å². The third-order valence-corrected chi connectivity index (χ3v) is 3.86. The molecule has 0 amide bonds. The number of hydrogen-bond donors (Lipinski definition) is 0. The normalized spacial score (nSPS) is 10.3. The van der Waals surface area contributed by atoms with Gasteiger partial charge in [0.05, 0.1) is 12.7 Å². The minimum Gasteiger partial charge on any atom is -0.497 e. The van der Waals surface area contributed by atoms with E-state index in [0.717, 1.165) is 5.56 Å². The Morgan fingerprint density at radius 1 is 1.00 bits per heavy atom. The van der Waals surface area contributed by atoms with Gasteiger partial charge < -0.3 is 9.47 Å². The van der Waals surface area contributed by atoms with Gasteiger partial charge in [-0.3, -0.25) is 4.79 Å². The second-order valence-electron chi connectivity index (χ2n) is 5.49. The van der Waals surface area contributed by atoms with Gasteiger partial charge in [-0.1, -0.05) is 36.4 Å². The lowest BCUT2D eigenvalue weighted by Crippen LogP contribution is -1.98. The molecule has 0 saturated heterocycles. The maximum absolute atomic E-state index is 14.2. The van der Waals surface area contributed by atoms with Crippen LogP contribution in [0, 0.1) is 5.82 Å². The van der Waals surface area contributed by atoms with Gasteiger partial charge in [0.25, 0.3) is 0 Å². The molecule has 3 rings (SSSR count). The molecule has 0 fully saturated rings. The lowest BCUT2D eigenvalue weighted by Gasteiger charge is -2.11. The zero-order chi connectivity index (χ0) is 17.6. The van der Waals surface area contributed by atoms with E-state index in [9.17, 15) is 9.18 Å². The summed E-state index contributed by atoms with van der Waals surface area (Å²) < 4.78 is 25.0. The largest absolute Gasteiger partial charge is 0.497 e. The monoisotopic (exact) mass is 336 g/mol. The third kappa shape index (κ3) is 3.86. The van der Waals surface area contributed by atoms with E-state index in [2.05, 4.69) is 0 Å². The van der Waals surface area contributed by atoms with E-state index in [-0.39, 0.29) is 0 Å². The zero-order valence-electron chi connectivity index (χ0n) is 13.7. The van der Waals surface area contributed by atoms with Gasteiger partial charge in [-0.25, -0.2) is 4.39 Å². The fraction of sp³-hybridized carbons (Fsp3) is 0.0952. The van der Waals surface area contributed by atoms with Crippen LogP contribution >= 0.6 is 0 Å². The van der Waals surface area contributed by atoms with Gasteiger partial charge in [-0.2, -0.15) is 0 Å². The fourth-order valence-electron chi connectivity index (χ4n) is 2.53. The molecule has 0 heterocycles. The summed E-state index contributed by atoms with van der Waals surface area (Å²) in [6, 6.07) is 19.3. The molecule has 3 aromatic rings. The van der Waals surface area contributed by atoms with Crippen LogP contribution in [-0.2, 0) is 6.61 Å². The number of aldehydes is 1. The summed E-state index contributed by atoms with van der Waals surface area (Å²) in [5.41, 5.74) is 2.39. The van der Waals surface area contributed by atoms with Crippen LogP contribution in [-0.4, -0.2) is 13.4 Å². The van der Waals surface area contributed by atoms with Crippen LogP contribution < -0.4 is 9.47 Å². The molecule has 3 nitrogen and oxygen atoms in total. The highest BCUT2D eigenvalue weighted by Crippen LogP contribution is 2.30. The Bertz CT molecular complexity index is 876. The molecule has 0 aliphatic rings. The first kappa shape index (κ1) is 16.7. The Morgan fingerprint density at radius 2 is 1.80 bits per heavy atom. The molecule has 0 spiro atoms. The van der Waals surface area contributed by atoms with Gasteiger partial charge in [-0.15, -0.1) is 0 Å². The second-order valence-corrected chi connectivity index (χ2v) is 5.49. The van der Waals surface area contributed by atoms with Crippen LogP contribution in [0.25, 0.3) is 11.1 Å². The fourth-order valence-corrected chi connectivity index (χ4v) is 2.53. The summed E-state index contributed by atoms with van der Waals surface area (Å²) in [5, 5.41) is 0. The number of ether oxygens (including phenoxy) is 2. The maximum atomic E-state index is 14.2. The molecule has 0 N–H and O–H groups in total. The highest BCUT2D eigenvalue weighted by atomic mass is 19.1. The predicted octanol–water partition coefficient (Wildman–Crippen LogP) is 4.89. The number of rotatable bonds is 6. The third-order valence-electron chi connectivity index (χ3n) is 3.86. The first-order valence-corrected chi connectivity index (χ1v) is 7.81. The Labute approximate surface area is 145 Å². The molecule has 0 atom stereocenters. The first-order valence-electron chi connectivity index (χ1n) is 7.81. The molecule has 126 valence electrons. The van der Waals surface area contributed by atoms with Gasteiger partial charge in [0.1, 0.15) is 23.9 Å². The van der Waals surface area contributed by atoms with E-state index in [0.29, 0.717) is 41.1 Å². The lowest BCUT2D eigenvalue weighted by molar-refractivity contribution is 0.111. The summed E-state index contributed by atoms with van der Waals surface area (Å²) in [7, 11) is 1.48. The van der Waals surface area contributed by atoms with E-state index >= 15 is 0 Å². The first-order chi connectivity index (χ1) is 12.2. The van der Waals surface area contributed by atoms with Gasteiger partial charge >= 0.3 is 0 Å². The maximum Gasteiger partial charge on any atom is 0.153 e. The van der Waals surface area contributed by atoms with E-state index in [1.54, 1.807) is 30.3 Å². The van der Waals surface area contributed by atoms with Crippen LogP contribution in [0.3, 0.4) is 0 Å². The van der Waals surface area contributed by atoms with Crippen molar-refractivity contribution in [3.05, 3.63) is 83.7 Å². The van der Waals surface area contributed by atoms with Gasteiger partial charge in [-0.05, 0) is 35.4 Å². The quantitative estimate of drug-likeness (QED) is 0.601. The molecular formula is C21H17FO3. The number of hydrogen-bond acceptors (Lipinski definition) is 3. The Kier molecular flexibility index (Phi) is 5.09. The lowest BCUT2D eigenvalue weighted by atomic mass is 10.0. The number of benzene rings is 3. The molecule has 0 unspecified atom stereocenters. The summed E-state index contributed by atoms with van der Waals surface area (Å²) in [4.78, 5) is 11.4. The van der Waals surface area contributed by atoms with Crippen molar-refractivity contribution < 1.29 is 18.7 Å². The smallest absolute Gasteiger partial charge is 0.153 e. The molecule has 0 saturated carbocycles. The molecule has 0 bridgehead atoms. The number of carbonyl (C=O) groups excluding carboxylic acids is 1. The number of halogens is 1. The van der Waals surface area contributed by atoms with Gasteiger partial charge in [0.2, 0.25) is 0 Å². The number of carbonyl (C=O) groups is 1. The Hall–Kier alpha value is -3.14. The van der Waals surface area contributed by atoms with Crippen LogP contribution in [0.15, 0.2) is 66.7 Å². The average molecular weight is 336 g/mol. The second kappa shape index (κ2) is 7.62. The minimum atomic E-state index is -0.408. The SMILES string of the molecule is COc1ccc(-c2ccc(OCc3ccccc3)c(C=O)c2)c(F)c1. The summed E-state index contributed by atoms with van der Waals surface area (Å²) in [6.07, 6.45) is 0.714. The molecule has 4 heteroatoms. The standard InChI is InChI=1S/C21H17FO3/c1-24-18-8-9-19(20(22)12-18)16-7-10-21(17(11-16)13-23)25-14-15-5-3-2-4-6-15/h2-13H,14H2,1H3. The van der Waals surface area contributed by atoms with Crippen molar-refractivity contribution in [2.45, 2.75) is 6.61 Å². The topological polar surface area (TPSA) is 35.5 Å². The van der Waals surface area contributed by atoms with Crippen molar-refractivity contribution in [2.24, 2.45) is 0 Å². The number of methoxy groups -OCH3 is 1. The molecule has 25 heavy (non-hydrogen) atoms. The highest BCUT2D eigenvalue weighted by molar-refractivity contribution is 5.83.